The molecule has 0 aromatic heterocycles. The van der Waals surface area contributed by atoms with Crippen LogP contribution in [0.3, 0.4) is 0 Å². The number of methoxy groups -OCH3 is 2. The highest BCUT2D eigenvalue weighted by atomic mass is 35.5. The van der Waals surface area contributed by atoms with E-state index < -0.39 is 0 Å². The standard InChI is InChI=1S/C14H21N3O3.2ClH/c1-19-11-3-4-13(20-2)12(9-11)16-14(18)10-17-7-5-15-6-8-17;;/h3-4,9,15H,5-8,10H2,1-2H3,(H,16,18);2*1H. The van der Waals surface area contributed by atoms with Crippen molar-refractivity contribution in [2.45, 2.75) is 0 Å². The van der Waals surface area contributed by atoms with Crippen LogP contribution in [0.15, 0.2) is 18.2 Å². The van der Waals surface area contributed by atoms with E-state index in [2.05, 4.69) is 15.5 Å². The Hall–Kier alpha value is -1.21. The first-order valence-corrected chi connectivity index (χ1v) is 6.68. The number of nitrogens with zero attached hydrogens (tertiary/aromatic N) is 1. The van der Waals surface area contributed by atoms with Gasteiger partial charge in [-0.2, -0.15) is 0 Å². The van der Waals surface area contributed by atoms with Crippen molar-refractivity contribution in [3.05, 3.63) is 18.2 Å². The number of benzene rings is 1. The molecule has 0 bridgehead atoms. The van der Waals surface area contributed by atoms with Gasteiger partial charge in [0.1, 0.15) is 11.5 Å². The molecular weight excluding hydrogens is 329 g/mol. The Labute approximate surface area is 143 Å². The number of hydrogen-bond acceptors (Lipinski definition) is 5. The molecule has 0 radical (unpaired) electrons. The number of carbonyl (C=O) groups is 1. The predicted octanol–water partition coefficient (Wildman–Crippen LogP) is 1.39. The summed E-state index contributed by atoms with van der Waals surface area (Å²) >= 11 is 0. The maximum absolute atomic E-state index is 12.1. The number of halogens is 2. The van der Waals surface area contributed by atoms with Crippen LogP contribution in [0.2, 0.25) is 0 Å². The van der Waals surface area contributed by atoms with Gasteiger partial charge in [0, 0.05) is 32.2 Å². The number of nitrogens with one attached hydrogen (secondary N) is 2. The number of rotatable bonds is 5. The van der Waals surface area contributed by atoms with Crippen molar-refractivity contribution in [2.75, 3.05) is 52.3 Å². The van der Waals surface area contributed by atoms with Crippen molar-refractivity contribution in [3.63, 3.8) is 0 Å². The first kappa shape index (κ1) is 20.8. The quantitative estimate of drug-likeness (QED) is 0.839. The molecule has 1 aliphatic heterocycles. The van der Waals surface area contributed by atoms with Crippen LogP contribution in [-0.2, 0) is 4.79 Å². The summed E-state index contributed by atoms with van der Waals surface area (Å²) in [6.45, 7) is 4.03. The van der Waals surface area contributed by atoms with Crippen molar-refractivity contribution in [3.8, 4) is 11.5 Å². The lowest BCUT2D eigenvalue weighted by atomic mass is 10.2. The van der Waals surface area contributed by atoms with E-state index in [1.165, 1.54) is 0 Å². The third kappa shape index (κ3) is 5.88. The molecule has 1 aromatic carbocycles. The molecule has 126 valence electrons. The molecule has 1 saturated heterocycles. The van der Waals surface area contributed by atoms with E-state index in [9.17, 15) is 4.79 Å². The fourth-order valence-corrected chi connectivity index (χ4v) is 2.17. The van der Waals surface area contributed by atoms with Crippen LogP contribution in [0.25, 0.3) is 0 Å². The lowest BCUT2D eigenvalue weighted by Gasteiger charge is -2.26. The van der Waals surface area contributed by atoms with Gasteiger partial charge in [-0.25, -0.2) is 0 Å². The second-order valence-corrected chi connectivity index (χ2v) is 4.64. The Kier molecular flexibility index (Phi) is 9.93. The zero-order valence-corrected chi connectivity index (χ0v) is 14.4. The summed E-state index contributed by atoms with van der Waals surface area (Å²) in [5, 5.41) is 6.14. The van der Waals surface area contributed by atoms with Gasteiger partial charge in [-0.1, -0.05) is 0 Å². The number of hydrogen-bond donors (Lipinski definition) is 2. The Balaban J connectivity index is 0.00000220. The molecule has 6 nitrogen and oxygen atoms in total. The Bertz CT molecular complexity index is 469. The zero-order chi connectivity index (χ0) is 14.4. The van der Waals surface area contributed by atoms with Crippen molar-refractivity contribution >= 4 is 36.4 Å². The van der Waals surface area contributed by atoms with Crippen molar-refractivity contribution in [2.24, 2.45) is 0 Å². The smallest absolute Gasteiger partial charge is 0.238 e. The molecule has 0 aliphatic carbocycles. The summed E-state index contributed by atoms with van der Waals surface area (Å²) in [4.78, 5) is 14.2. The minimum atomic E-state index is -0.0431. The average molecular weight is 352 g/mol. The second-order valence-electron chi connectivity index (χ2n) is 4.64. The van der Waals surface area contributed by atoms with Gasteiger partial charge in [-0.05, 0) is 12.1 Å². The highest BCUT2D eigenvalue weighted by Gasteiger charge is 2.15. The summed E-state index contributed by atoms with van der Waals surface area (Å²) in [7, 11) is 3.17. The van der Waals surface area contributed by atoms with Crippen LogP contribution in [-0.4, -0.2) is 57.8 Å². The molecule has 0 unspecified atom stereocenters. The molecule has 1 aromatic rings. The second kappa shape index (κ2) is 10.5. The van der Waals surface area contributed by atoms with Gasteiger partial charge in [0.25, 0.3) is 0 Å². The van der Waals surface area contributed by atoms with Crippen LogP contribution in [0.4, 0.5) is 5.69 Å². The zero-order valence-electron chi connectivity index (χ0n) is 12.8. The topological polar surface area (TPSA) is 62.8 Å². The van der Waals surface area contributed by atoms with Crippen molar-refractivity contribution in [1.82, 2.24) is 10.2 Å². The van der Waals surface area contributed by atoms with Crippen LogP contribution in [0, 0.1) is 0 Å². The lowest BCUT2D eigenvalue weighted by Crippen LogP contribution is -2.46. The van der Waals surface area contributed by atoms with E-state index in [1.807, 2.05) is 0 Å². The van der Waals surface area contributed by atoms with Crippen LogP contribution >= 0.6 is 24.8 Å². The van der Waals surface area contributed by atoms with E-state index >= 15 is 0 Å². The first-order chi connectivity index (χ1) is 9.72. The fraction of sp³-hybridized carbons (Fsp3) is 0.500. The first-order valence-electron chi connectivity index (χ1n) is 6.68. The molecule has 0 spiro atoms. The van der Waals surface area contributed by atoms with Crippen LogP contribution < -0.4 is 20.1 Å². The fourth-order valence-electron chi connectivity index (χ4n) is 2.17. The lowest BCUT2D eigenvalue weighted by molar-refractivity contribution is -0.117. The third-order valence-electron chi connectivity index (χ3n) is 3.26. The van der Waals surface area contributed by atoms with E-state index in [-0.39, 0.29) is 30.7 Å². The number of piperazine rings is 1. The van der Waals surface area contributed by atoms with Gasteiger partial charge in [0.05, 0.1) is 26.5 Å². The molecule has 1 aliphatic rings. The third-order valence-corrected chi connectivity index (χ3v) is 3.26. The maximum Gasteiger partial charge on any atom is 0.238 e. The molecule has 1 fully saturated rings. The number of carbonyl (C=O) groups excluding carboxylic acids is 1. The van der Waals surface area contributed by atoms with Gasteiger partial charge in [0.2, 0.25) is 5.91 Å². The Morgan fingerprint density at radius 3 is 2.50 bits per heavy atom. The number of anilines is 1. The highest BCUT2D eigenvalue weighted by molar-refractivity contribution is 5.94. The number of amides is 1. The Morgan fingerprint density at radius 2 is 1.91 bits per heavy atom. The average Bonchev–Trinajstić information content (AvgIpc) is 2.48. The van der Waals surface area contributed by atoms with Crippen LogP contribution in [0.1, 0.15) is 0 Å². The largest absolute Gasteiger partial charge is 0.497 e. The van der Waals surface area contributed by atoms with Gasteiger partial charge in [0.15, 0.2) is 0 Å². The Morgan fingerprint density at radius 1 is 1.23 bits per heavy atom. The monoisotopic (exact) mass is 351 g/mol. The van der Waals surface area contributed by atoms with Gasteiger partial charge < -0.3 is 20.1 Å². The molecule has 8 heteroatoms. The minimum absolute atomic E-state index is 0. The molecule has 22 heavy (non-hydrogen) atoms. The highest BCUT2D eigenvalue weighted by Crippen LogP contribution is 2.28. The maximum atomic E-state index is 12.1. The van der Waals surface area contributed by atoms with Gasteiger partial charge in [-0.3, -0.25) is 9.69 Å². The molecule has 2 N–H and O–H groups in total. The predicted molar refractivity (Wildman–Crippen MR) is 92.0 cm³/mol. The summed E-state index contributed by atoms with van der Waals surface area (Å²) in [5.74, 6) is 1.26. The summed E-state index contributed by atoms with van der Waals surface area (Å²) in [6, 6.07) is 5.33. The summed E-state index contributed by atoms with van der Waals surface area (Å²) in [5.41, 5.74) is 0.631. The molecule has 0 atom stereocenters. The molecule has 2 rings (SSSR count). The summed E-state index contributed by atoms with van der Waals surface area (Å²) in [6.07, 6.45) is 0. The van der Waals surface area contributed by atoms with Crippen LogP contribution in [0.5, 0.6) is 11.5 Å². The summed E-state index contributed by atoms with van der Waals surface area (Å²) < 4.78 is 10.4. The van der Waals surface area contributed by atoms with E-state index in [4.69, 9.17) is 9.47 Å². The van der Waals surface area contributed by atoms with Gasteiger partial charge in [-0.15, -0.1) is 24.8 Å². The van der Waals surface area contributed by atoms with E-state index in [1.54, 1.807) is 32.4 Å². The number of ether oxygens (including phenoxy) is 2. The molecular formula is C14H23Cl2N3O3. The van der Waals surface area contributed by atoms with Gasteiger partial charge >= 0.3 is 0 Å². The van der Waals surface area contributed by atoms with E-state index in [0.29, 0.717) is 23.7 Å². The van der Waals surface area contributed by atoms with E-state index in [0.717, 1.165) is 26.2 Å². The molecule has 0 saturated carbocycles. The minimum Gasteiger partial charge on any atom is -0.497 e. The normalized spacial score (nSPS) is 14.3. The molecule has 1 heterocycles. The SMILES string of the molecule is COc1ccc(OC)c(NC(=O)CN2CCNCC2)c1.Cl.Cl. The van der Waals surface area contributed by atoms with Crippen molar-refractivity contribution in [1.29, 1.82) is 0 Å². The molecule has 1 amide bonds. The van der Waals surface area contributed by atoms with Crippen molar-refractivity contribution < 1.29 is 14.3 Å².